The number of aliphatic hydroxyl groups is 1. The lowest BCUT2D eigenvalue weighted by molar-refractivity contribution is -0.386. The van der Waals surface area contributed by atoms with E-state index < -0.39 is 26.7 Å². The molecule has 0 spiro atoms. The van der Waals surface area contributed by atoms with Crippen molar-refractivity contribution in [3.05, 3.63) is 99.6 Å². The first-order valence-corrected chi connectivity index (χ1v) is 14.1. The molecule has 0 radical (unpaired) electrons. The second-order valence-electron chi connectivity index (χ2n) is 9.48. The van der Waals surface area contributed by atoms with Crippen molar-refractivity contribution >= 4 is 15.7 Å². The van der Waals surface area contributed by atoms with E-state index in [0.29, 0.717) is 19.6 Å². The van der Waals surface area contributed by atoms with Gasteiger partial charge in [0, 0.05) is 38.8 Å². The molecule has 0 bridgehead atoms. The van der Waals surface area contributed by atoms with Gasteiger partial charge in [-0.3, -0.25) is 15.0 Å². The minimum absolute atomic E-state index is 0.00291. The average Bonchev–Trinajstić information content (AvgIpc) is 2.94. The molecule has 39 heavy (non-hydrogen) atoms. The zero-order valence-corrected chi connectivity index (χ0v) is 22.8. The Labute approximate surface area is 228 Å². The molecular formula is C28H33N3O7S. The van der Waals surface area contributed by atoms with Crippen molar-refractivity contribution in [2.75, 3.05) is 46.4 Å². The van der Waals surface area contributed by atoms with Gasteiger partial charge in [0.05, 0.1) is 29.6 Å². The van der Waals surface area contributed by atoms with Crippen molar-refractivity contribution in [1.82, 2.24) is 9.21 Å². The van der Waals surface area contributed by atoms with E-state index in [1.807, 2.05) is 66.4 Å². The van der Waals surface area contributed by atoms with E-state index in [4.69, 9.17) is 9.47 Å². The Morgan fingerprint density at radius 2 is 1.62 bits per heavy atom. The molecule has 10 nitrogen and oxygen atoms in total. The van der Waals surface area contributed by atoms with Gasteiger partial charge in [0.2, 0.25) is 10.0 Å². The summed E-state index contributed by atoms with van der Waals surface area (Å²) >= 11 is 0. The van der Waals surface area contributed by atoms with E-state index in [9.17, 15) is 23.6 Å². The highest BCUT2D eigenvalue weighted by Crippen LogP contribution is 2.31. The minimum Gasteiger partial charge on any atom is -0.490 e. The van der Waals surface area contributed by atoms with Gasteiger partial charge in [0.25, 0.3) is 0 Å². The van der Waals surface area contributed by atoms with Crippen molar-refractivity contribution < 1.29 is 27.9 Å². The largest absolute Gasteiger partial charge is 0.490 e. The van der Waals surface area contributed by atoms with Crippen LogP contribution in [0.4, 0.5) is 5.69 Å². The Morgan fingerprint density at radius 3 is 2.23 bits per heavy atom. The van der Waals surface area contributed by atoms with Crippen molar-refractivity contribution in [2.24, 2.45) is 0 Å². The average molecular weight is 556 g/mol. The van der Waals surface area contributed by atoms with E-state index in [1.165, 1.54) is 23.5 Å². The summed E-state index contributed by atoms with van der Waals surface area (Å²) < 4.78 is 38.7. The number of aryl methyl sites for hydroxylation is 1. The van der Waals surface area contributed by atoms with Gasteiger partial charge in [-0.05, 0) is 30.2 Å². The number of hydrogen-bond donors (Lipinski definition) is 1. The number of aliphatic hydroxyl groups excluding tert-OH is 1. The molecule has 208 valence electrons. The molecule has 11 heteroatoms. The highest BCUT2D eigenvalue weighted by Gasteiger charge is 2.31. The van der Waals surface area contributed by atoms with Crippen molar-refractivity contribution in [3.63, 3.8) is 0 Å². The van der Waals surface area contributed by atoms with Gasteiger partial charge in [-0.2, -0.15) is 4.31 Å². The fraction of sp³-hybridized carbons (Fsp3) is 0.357. The maximum Gasteiger partial charge on any atom is 0.312 e. The molecule has 1 saturated heterocycles. The third kappa shape index (κ3) is 7.00. The summed E-state index contributed by atoms with van der Waals surface area (Å²) in [6, 6.07) is 21.6. The number of nitro groups is 1. The molecule has 0 aliphatic carbocycles. The van der Waals surface area contributed by atoms with E-state index in [0.717, 1.165) is 22.8 Å². The van der Waals surface area contributed by atoms with Crippen LogP contribution in [-0.4, -0.2) is 80.2 Å². The first kappa shape index (κ1) is 28.7. The van der Waals surface area contributed by atoms with E-state index in [2.05, 4.69) is 0 Å². The molecule has 0 saturated carbocycles. The summed E-state index contributed by atoms with van der Waals surface area (Å²) in [4.78, 5) is 12.5. The quantitative estimate of drug-likeness (QED) is 0.282. The number of ether oxygens (including phenoxy) is 2. The zero-order chi connectivity index (χ0) is 28.0. The summed E-state index contributed by atoms with van der Waals surface area (Å²) in [5.74, 6) is -0.00291. The third-order valence-corrected chi connectivity index (χ3v) is 8.62. The van der Waals surface area contributed by atoms with Crippen LogP contribution in [0.2, 0.25) is 0 Å². The SMILES string of the molecule is COc1ccc(S(=O)(=O)N2CCN(C[C@H](O)CO[C@@H](c3ccccc3)c3ccc(C)cc3)CC2)cc1[N+](=O)[O-]. The Bertz CT molecular complexity index is 1360. The predicted octanol–water partition coefficient (Wildman–Crippen LogP) is 3.39. The van der Waals surface area contributed by atoms with Gasteiger partial charge in [0.15, 0.2) is 5.75 Å². The predicted molar refractivity (Wildman–Crippen MR) is 146 cm³/mol. The molecular weight excluding hydrogens is 522 g/mol. The number of sulfonamides is 1. The smallest absolute Gasteiger partial charge is 0.312 e. The standard InChI is InChI=1S/C28H33N3O7S/c1-21-8-10-23(11-9-21)28(22-6-4-3-5-7-22)38-20-24(32)19-29-14-16-30(17-15-29)39(35,36)25-12-13-27(37-2)26(18-25)31(33)34/h3-13,18,24,28,32H,14-17,19-20H2,1-2H3/t24-,28-/m0/s1. The molecule has 4 rings (SSSR count). The molecule has 1 aliphatic rings. The molecule has 1 heterocycles. The lowest BCUT2D eigenvalue weighted by atomic mass is 10.0. The Morgan fingerprint density at radius 1 is 0.974 bits per heavy atom. The Balaban J connectivity index is 1.34. The topological polar surface area (TPSA) is 122 Å². The summed E-state index contributed by atoms with van der Waals surface area (Å²) in [7, 11) is -2.63. The van der Waals surface area contributed by atoms with E-state index in [-0.39, 0.29) is 36.4 Å². The highest BCUT2D eigenvalue weighted by molar-refractivity contribution is 7.89. The number of rotatable bonds is 11. The second-order valence-corrected chi connectivity index (χ2v) is 11.4. The molecule has 1 fully saturated rings. The maximum absolute atomic E-state index is 13.1. The second kappa shape index (κ2) is 12.7. The van der Waals surface area contributed by atoms with Crippen LogP contribution in [0.3, 0.4) is 0 Å². The summed E-state index contributed by atoms with van der Waals surface area (Å²) in [6.45, 7) is 3.69. The molecule has 0 amide bonds. The number of nitrogens with zero attached hydrogens (tertiary/aromatic N) is 3. The normalized spacial score (nSPS) is 16.5. The van der Waals surface area contributed by atoms with Crippen LogP contribution in [0.25, 0.3) is 0 Å². The minimum atomic E-state index is -3.92. The Hall–Kier alpha value is -3.35. The molecule has 2 atom stereocenters. The fourth-order valence-electron chi connectivity index (χ4n) is 4.59. The first-order valence-electron chi connectivity index (χ1n) is 12.6. The monoisotopic (exact) mass is 555 g/mol. The van der Waals surface area contributed by atoms with Crippen molar-refractivity contribution in [1.29, 1.82) is 0 Å². The number of β-amino-alcohol motifs (C(OH)–C–C–N with tert-alkyl or cyclic N) is 1. The van der Waals surface area contributed by atoms with Gasteiger partial charge in [-0.1, -0.05) is 60.2 Å². The maximum atomic E-state index is 13.1. The summed E-state index contributed by atoms with van der Waals surface area (Å²) in [5, 5.41) is 22.1. The molecule has 0 aromatic heterocycles. The molecule has 0 unspecified atom stereocenters. The van der Waals surface area contributed by atoms with Crippen LogP contribution in [0.1, 0.15) is 22.8 Å². The van der Waals surface area contributed by atoms with Crippen LogP contribution in [0, 0.1) is 17.0 Å². The number of hydrogen-bond acceptors (Lipinski definition) is 8. The van der Waals surface area contributed by atoms with E-state index in [1.54, 1.807) is 0 Å². The number of methoxy groups -OCH3 is 1. The van der Waals surface area contributed by atoms with Crippen LogP contribution in [0.15, 0.2) is 77.7 Å². The summed E-state index contributed by atoms with van der Waals surface area (Å²) in [5.41, 5.74) is 2.74. The summed E-state index contributed by atoms with van der Waals surface area (Å²) in [6.07, 6.45) is -1.09. The number of nitro benzene ring substituents is 1. The lowest BCUT2D eigenvalue weighted by Gasteiger charge is -2.35. The third-order valence-electron chi connectivity index (χ3n) is 6.72. The van der Waals surface area contributed by atoms with Crippen LogP contribution >= 0.6 is 0 Å². The van der Waals surface area contributed by atoms with Gasteiger partial charge in [0.1, 0.15) is 6.10 Å². The van der Waals surface area contributed by atoms with Gasteiger partial charge in [-0.25, -0.2) is 8.42 Å². The van der Waals surface area contributed by atoms with Gasteiger partial charge < -0.3 is 14.6 Å². The van der Waals surface area contributed by atoms with Crippen LogP contribution < -0.4 is 4.74 Å². The van der Waals surface area contributed by atoms with Crippen molar-refractivity contribution in [2.45, 2.75) is 24.0 Å². The number of benzene rings is 3. The molecule has 1 aliphatic heterocycles. The van der Waals surface area contributed by atoms with E-state index >= 15 is 0 Å². The fourth-order valence-corrected chi connectivity index (χ4v) is 6.03. The molecule has 1 N–H and O–H groups in total. The zero-order valence-electron chi connectivity index (χ0n) is 22.0. The molecule has 3 aromatic carbocycles. The van der Waals surface area contributed by atoms with Crippen LogP contribution in [-0.2, 0) is 14.8 Å². The lowest BCUT2D eigenvalue weighted by Crippen LogP contribution is -2.50. The first-order chi connectivity index (χ1) is 18.7. The van der Waals surface area contributed by atoms with Gasteiger partial charge >= 0.3 is 5.69 Å². The Kier molecular flexibility index (Phi) is 9.31. The number of piperazine rings is 1. The van der Waals surface area contributed by atoms with Crippen molar-refractivity contribution in [3.8, 4) is 5.75 Å². The van der Waals surface area contributed by atoms with Gasteiger partial charge in [-0.15, -0.1) is 0 Å². The van der Waals surface area contributed by atoms with Crippen LogP contribution in [0.5, 0.6) is 5.75 Å². The highest BCUT2D eigenvalue weighted by atomic mass is 32.2. The molecule has 3 aromatic rings.